The van der Waals surface area contributed by atoms with Crippen molar-refractivity contribution >= 4 is 23.2 Å². The molecule has 154 valence electrons. The number of benzene rings is 2. The van der Waals surface area contributed by atoms with E-state index < -0.39 is 5.91 Å². The van der Waals surface area contributed by atoms with E-state index in [0.717, 1.165) is 5.56 Å². The highest BCUT2D eigenvalue weighted by atomic mass is 19.1. The second kappa shape index (κ2) is 7.94. The molecule has 8 nitrogen and oxygen atoms in total. The van der Waals surface area contributed by atoms with Gasteiger partial charge in [0.15, 0.2) is 12.3 Å². The molecule has 2 aromatic carbocycles. The number of fused-ring (bicyclic) bond motifs is 1. The van der Waals surface area contributed by atoms with Crippen LogP contribution in [0.3, 0.4) is 0 Å². The van der Waals surface area contributed by atoms with Gasteiger partial charge in [0.1, 0.15) is 11.6 Å². The van der Waals surface area contributed by atoms with Crippen LogP contribution in [-0.2, 0) is 4.79 Å². The number of hydrogen-bond acceptors (Lipinski definition) is 5. The average Bonchev–Trinajstić information content (AvgIpc) is 3.23. The molecular weight excluding hydrogens is 389 g/mol. The van der Waals surface area contributed by atoms with Gasteiger partial charge in [0.05, 0.1) is 17.9 Å². The van der Waals surface area contributed by atoms with Crippen molar-refractivity contribution in [2.45, 2.75) is 19.4 Å². The summed E-state index contributed by atoms with van der Waals surface area (Å²) >= 11 is 0. The Balaban J connectivity index is 1.52. The number of ether oxygens (including phenoxy) is 1. The van der Waals surface area contributed by atoms with Crippen molar-refractivity contribution in [2.24, 2.45) is 0 Å². The van der Waals surface area contributed by atoms with Gasteiger partial charge in [-0.05, 0) is 42.3 Å². The van der Waals surface area contributed by atoms with Crippen LogP contribution in [0.2, 0.25) is 0 Å². The molecule has 30 heavy (non-hydrogen) atoms. The lowest BCUT2D eigenvalue weighted by atomic mass is 10.0. The zero-order chi connectivity index (χ0) is 21.3. The molecule has 1 atom stereocenters. The van der Waals surface area contributed by atoms with E-state index in [1.807, 2.05) is 6.92 Å². The molecule has 2 amide bonds. The first-order valence-corrected chi connectivity index (χ1v) is 9.48. The lowest BCUT2D eigenvalue weighted by molar-refractivity contribution is -0.120. The van der Waals surface area contributed by atoms with Crippen LogP contribution in [0.4, 0.5) is 15.8 Å². The lowest BCUT2D eigenvalue weighted by Crippen LogP contribution is -2.35. The van der Waals surface area contributed by atoms with Gasteiger partial charge in [0.2, 0.25) is 0 Å². The Hall–Kier alpha value is -3.75. The highest BCUT2D eigenvalue weighted by Gasteiger charge is 2.23. The van der Waals surface area contributed by atoms with Gasteiger partial charge in [-0.1, -0.05) is 24.3 Å². The molecule has 9 heteroatoms. The average molecular weight is 409 g/mol. The number of carbonyl (C=O) groups excluding carboxylic acids is 2. The van der Waals surface area contributed by atoms with E-state index in [1.54, 1.807) is 48.3 Å². The first-order valence-electron chi connectivity index (χ1n) is 9.48. The predicted molar refractivity (Wildman–Crippen MR) is 108 cm³/mol. The monoisotopic (exact) mass is 409 g/mol. The number of likely N-dealkylation sites (N-methyl/N-ethyl adjacent to an activating group) is 1. The maximum atomic E-state index is 13.2. The zero-order valence-electron chi connectivity index (χ0n) is 16.5. The molecule has 3 aromatic rings. The molecule has 1 aliphatic heterocycles. The summed E-state index contributed by atoms with van der Waals surface area (Å²) in [4.78, 5) is 25.9. The quantitative estimate of drug-likeness (QED) is 0.700. The minimum atomic E-state index is -0.430. The summed E-state index contributed by atoms with van der Waals surface area (Å²) in [6.45, 7) is 1.97. The second-order valence-corrected chi connectivity index (χ2v) is 6.94. The van der Waals surface area contributed by atoms with Gasteiger partial charge in [-0.3, -0.25) is 9.59 Å². The van der Waals surface area contributed by atoms with Crippen LogP contribution in [0.15, 0.2) is 48.7 Å². The third-order valence-corrected chi connectivity index (χ3v) is 5.01. The summed E-state index contributed by atoms with van der Waals surface area (Å²) in [6, 6.07) is 11.1. The Kier molecular flexibility index (Phi) is 5.18. The number of nitrogens with one attached hydrogen (secondary N) is 1. The minimum absolute atomic E-state index is 0.00897. The first-order chi connectivity index (χ1) is 14.5. The van der Waals surface area contributed by atoms with Crippen molar-refractivity contribution in [3.05, 3.63) is 65.7 Å². The number of anilines is 2. The molecule has 0 saturated heterocycles. The normalized spacial score (nSPS) is 14.1. The highest BCUT2D eigenvalue weighted by molar-refractivity contribution is 6.04. The lowest BCUT2D eigenvalue weighted by Gasteiger charge is -2.26. The van der Waals surface area contributed by atoms with Gasteiger partial charge in [-0.25, -0.2) is 9.07 Å². The molecule has 0 radical (unpaired) electrons. The fourth-order valence-electron chi connectivity index (χ4n) is 3.34. The molecule has 0 aliphatic carbocycles. The number of aromatic nitrogens is 3. The molecule has 4 rings (SSSR count). The Bertz CT molecular complexity index is 1100. The second-order valence-electron chi connectivity index (χ2n) is 6.94. The third kappa shape index (κ3) is 3.73. The number of rotatable bonds is 5. The van der Waals surface area contributed by atoms with Gasteiger partial charge in [0.25, 0.3) is 11.8 Å². The van der Waals surface area contributed by atoms with Crippen molar-refractivity contribution in [1.29, 1.82) is 0 Å². The molecule has 0 saturated carbocycles. The van der Waals surface area contributed by atoms with E-state index in [0.29, 0.717) is 23.5 Å². The molecule has 0 spiro atoms. The Morgan fingerprint density at radius 1 is 1.27 bits per heavy atom. The SMILES string of the molecule is CCC(c1ccc(F)cc1)n1cc(C(=O)Nc2ccc3c(c2)N(C)C(=O)CO3)nn1. The molecule has 0 bridgehead atoms. The van der Waals surface area contributed by atoms with Crippen LogP contribution in [0.1, 0.15) is 35.4 Å². The van der Waals surface area contributed by atoms with Crippen molar-refractivity contribution < 1.29 is 18.7 Å². The van der Waals surface area contributed by atoms with Crippen LogP contribution in [0, 0.1) is 5.82 Å². The van der Waals surface area contributed by atoms with Gasteiger partial charge >= 0.3 is 0 Å². The smallest absolute Gasteiger partial charge is 0.277 e. The zero-order valence-corrected chi connectivity index (χ0v) is 16.5. The van der Waals surface area contributed by atoms with Crippen LogP contribution < -0.4 is 15.0 Å². The minimum Gasteiger partial charge on any atom is -0.482 e. The number of carbonyl (C=O) groups is 2. The van der Waals surface area contributed by atoms with Crippen molar-refractivity contribution in [2.75, 3.05) is 23.9 Å². The summed E-state index contributed by atoms with van der Waals surface area (Å²) in [5, 5.41) is 10.8. The van der Waals surface area contributed by atoms with E-state index in [2.05, 4.69) is 15.6 Å². The molecule has 1 N–H and O–H groups in total. The van der Waals surface area contributed by atoms with Crippen molar-refractivity contribution in [3.63, 3.8) is 0 Å². The fraction of sp³-hybridized carbons (Fsp3) is 0.238. The summed E-state index contributed by atoms with van der Waals surface area (Å²) < 4.78 is 20.2. The summed E-state index contributed by atoms with van der Waals surface area (Å²) in [7, 11) is 1.65. The van der Waals surface area contributed by atoms with E-state index in [4.69, 9.17) is 4.74 Å². The number of nitrogens with zero attached hydrogens (tertiary/aromatic N) is 4. The van der Waals surface area contributed by atoms with Crippen molar-refractivity contribution in [1.82, 2.24) is 15.0 Å². The fourth-order valence-corrected chi connectivity index (χ4v) is 3.34. The van der Waals surface area contributed by atoms with Crippen LogP contribution in [-0.4, -0.2) is 40.5 Å². The standard InChI is InChI=1S/C21H20FN5O3/c1-3-17(13-4-6-14(22)7-5-13)27-11-16(24-25-27)21(29)23-15-8-9-19-18(10-15)26(2)20(28)12-30-19/h4-11,17H,3,12H2,1-2H3,(H,23,29). The summed E-state index contributed by atoms with van der Waals surface area (Å²) in [5.41, 5.74) is 2.10. The number of halogens is 1. The molecule has 0 fully saturated rings. The maximum Gasteiger partial charge on any atom is 0.277 e. The molecule has 1 unspecified atom stereocenters. The van der Waals surface area contributed by atoms with Crippen LogP contribution in [0.25, 0.3) is 0 Å². The molecule has 1 aliphatic rings. The van der Waals surface area contributed by atoms with Crippen LogP contribution >= 0.6 is 0 Å². The van der Waals surface area contributed by atoms with Crippen LogP contribution in [0.5, 0.6) is 5.75 Å². The van der Waals surface area contributed by atoms with Gasteiger partial charge in [-0.15, -0.1) is 5.10 Å². The van der Waals surface area contributed by atoms with Gasteiger partial charge < -0.3 is 15.0 Å². The maximum absolute atomic E-state index is 13.2. The van der Waals surface area contributed by atoms with Gasteiger partial charge in [0, 0.05) is 12.7 Å². The van der Waals surface area contributed by atoms with Crippen molar-refractivity contribution in [3.8, 4) is 5.75 Å². The summed E-state index contributed by atoms with van der Waals surface area (Å²) in [5.74, 6) is -0.331. The molecule has 1 aromatic heterocycles. The van der Waals surface area contributed by atoms with Gasteiger partial charge in [-0.2, -0.15) is 0 Å². The first kappa shape index (κ1) is 19.6. The Morgan fingerprint density at radius 3 is 2.77 bits per heavy atom. The highest BCUT2D eigenvalue weighted by Crippen LogP contribution is 2.33. The molecule has 2 heterocycles. The predicted octanol–water partition coefficient (Wildman–Crippen LogP) is 3.02. The Labute approximate surface area is 172 Å². The van der Waals surface area contributed by atoms with E-state index in [9.17, 15) is 14.0 Å². The number of hydrogen-bond donors (Lipinski definition) is 1. The molecular formula is C21H20FN5O3. The topological polar surface area (TPSA) is 89.4 Å². The van der Waals surface area contributed by atoms with E-state index in [1.165, 1.54) is 17.0 Å². The Morgan fingerprint density at radius 2 is 2.03 bits per heavy atom. The van der Waals surface area contributed by atoms with E-state index >= 15 is 0 Å². The summed E-state index contributed by atoms with van der Waals surface area (Å²) in [6.07, 6.45) is 2.26. The number of amides is 2. The largest absolute Gasteiger partial charge is 0.482 e. The third-order valence-electron chi connectivity index (χ3n) is 5.01. The van der Waals surface area contributed by atoms with E-state index in [-0.39, 0.29) is 30.1 Å².